The number of benzene rings is 1. The molecule has 1 heterocycles. The van der Waals surface area contributed by atoms with Crippen molar-refractivity contribution in [1.29, 1.82) is 0 Å². The number of aliphatic hydroxyl groups is 1. The molecule has 3 N–H and O–H groups in total. The van der Waals surface area contributed by atoms with Gasteiger partial charge in [-0.2, -0.15) is 0 Å². The molecule has 1 aliphatic rings. The average molecular weight is 306 g/mol. The molecule has 2 rings (SSSR count). The third-order valence-electron chi connectivity index (χ3n) is 4.35. The van der Waals surface area contributed by atoms with Crippen molar-refractivity contribution in [3.63, 3.8) is 0 Å². The van der Waals surface area contributed by atoms with Gasteiger partial charge in [0, 0.05) is 12.1 Å². The minimum absolute atomic E-state index is 0.0669. The maximum Gasteiger partial charge on any atom is 0.315 e. The molecule has 1 aromatic carbocycles. The molecular formula is C17H26N2O3. The van der Waals surface area contributed by atoms with Crippen molar-refractivity contribution in [3.05, 3.63) is 29.8 Å². The maximum absolute atomic E-state index is 12.1. The van der Waals surface area contributed by atoms with Gasteiger partial charge < -0.3 is 20.5 Å². The normalized spacial score (nSPS) is 20.3. The number of nitrogens with one attached hydrogen (secondary N) is 2. The fraction of sp³-hybridized carbons (Fsp3) is 0.588. The molecule has 0 bridgehead atoms. The van der Waals surface area contributed by atoms with E-state index in [9.17, 15) is 9.90 Å². The predicted molar refractivity (Wildman–Crippen MR) is 85.9 cm³/mol. The smallest absolute Gasteiger partial charge is 0.315 e. The third-order valence-corrected chi connectivity index (χ3v) is 4.35. The molecule has 0 aliphatic carbocycles. The highest BCUT2D eigenvalue weighted by atomic mass is 16.5. The fourth-order valence-corrected chi connectivity index (χ4v) is 2.35. The van der Waals surface area contributed by atoms with E-state index in [1.165, 1.54) is 0 Å². The van der Waals surface area contributed by atoms with Crippen LogP contribution in [0.3, 0.4) is 0 Å². The van der Waals surface area contributed by atoms with Gasteiger partial charge in [0.2, 0.25) is 0 Å². The topological polar surface area (TPSA) is 70.6 Å². The molecule has 2 amide bonds. The van der Waals surface area contributed by atoms with Crippen molar-refractivity contribution in [1.82, 2.24) is 10.6 Å². The molecular weight excluding hydrogens is 280 g/mol. The van der Waals surface area contributed by atoms with Crippen molar-refractivity contribution >= 4 is 6.03 Å². The zero-order valence-corrected chi connectivity index (χ0v) is 13.6. The zero-order valence-electron chi connectivity index (χ0n) is 13.6. The van der Waals surface area contributed by atoms with Crippen LogP contribution >= 0.6 is 0 Å². The van der Waals surface area contributed by atoms with Crippen molar-refractivity contribution < 1.29 is 14.6 Å². The lowest BCUT2D eigenvalue weighted by Crippen LogP contribution is -2.48. The molecule has 0 saturated heterocycles. The summed E-state index contributed by atoms with van der Waals surface area (Å²) in [7, 11) is 0. The van der Waals surface area contributed by atoms with Crippen LogP contribution in [-0.2, 0) is 0 Å². The summed E-state index contributed by atoms with van der Waals surface area (Å²) < 4.78 is 5.69. The highest BCUT2D eigenvalue weighted by Crippen LogP contribution is 2.31. The SMILES string of the molecule is CC(C)C(C)(O)CNC(=O)NC1CCCOc2ccccc21. The van der Waals surface area contributed by atoms with Crippen LogP contribution < -0.4 is 15.4 Å². The molecule has 1 aromatic rings. The molecule has 22 heavy (non-hydrogen) atoms. The van der Waals surface area contributed by atoms with Gasteiger partial charge in [0.15, 0.2) is 0 Å². The fourth-order valence-electron chi connectivity index (χ4n) is 2.35. The first-order chi connectivity index (χ1) is 10.4. The second-order valence-electron chi connectivity index (χ2n) is 6.42. The standard InChI is InChI=1S/C17H26N2O3/c1-12(2)17(3,21)11-18-16(20)19-14-8-6-10-22-15-9-5-4-7-13(14)15/h4-5,7,9,12,14,21H,6,8,10-11H2,1-3H3,(H2,18,19,20). The Morgan fingerprint density at radius 3 is 2.91 bits per heavy atom. The van der Waals surface area contributed by atoms with Gasteiger partial charge in [-0.25, -0.2) is 4.79 Å². The number of carbonyl (C=O) groups is 1. The number of hydrogen-bond donors (Lipinski definition) is 3. The minimum Gasteiger partial charge on any atom is -0.493 e. The van der Waals surface area contributed by atoms with Crippen LogP contribution in [-0.4, -0.2) is 29.9 Å². The molecule has 0 aromatic heterocycles. The minimum atomic E-state index is -0.915. The first-order valence-corrected chi connectivity index (χ1v) is 7.88. The Balaban J connectivity index is 1.97. The zero-order chi connectivity index (χ0) is 16.2. The third kappa shape index (κ3) is 4.13. The largest absolute Gasteiger partial charge is 0.493 e. The van der Waals surface area contributed by atoms with Gasteiger partial charge >= 0.3 is 6.03 Å². The van der Waals surface area contributed by atoms with Crippen LogP contribution in [0.2, 0.25) is 0 Å². The number of ether oxygens (including phenoxy) is 1. The lowest BCUT2D eigenvalue weighted by atomic mass is 9.93. The Kier molecular flexibility index (Phi) is 5.29. The average Bonchev–Trinajstić information content (AvgIpc) is 2.68. The van der Waals surface area contributed by atoms with Crippen molar-refractivity contribution in [2.24, 2.45) is 5.92 Å². The molecule has 2 atom stereocenters. The first-order valence-electron chi connectivity index (χ1n) is 7.88. The first kappa shape index (κ1) is 16.6. The molecule has 5 heteroatoms. The molecule has 122 valence electrons. The Hall–Kier alpha value is -1.75. The van der Waals surface area contributed by atoms with Crippen LogP contribution in [0.1, 0.15) is 45.2 Å². The highest BCUT2D eigenvalue weighted by Gasteiger charge is 2.26. The molecule has 1 aliphatic heterocycles. The monoisotopic (exact) mass is 306 g/mol. The number of rotatable bonds is 4. The molecule has 5 nitrogen and oxygen atoms in total. The summed E-state index contributed by atoms with van der Waals surface area (Å²) in [5, 5.41) is 15.9. The Bertz CT molecular complexity index is 514. The second kappa shape index (κ2) is 7.01. The number of urea groups is 1. The van der Waals surface area contributed by atoms with Gasteiger partial charge in [0.05, 0.1) is 18.2 Å². The summed E-state index contributed by atoms with van der Waals surface area (Å²) in [6.07, 6.45) is 1.73. The highest BCUT2D eigenvalue weighted by molar-refractivity contribution is 5.74. The number of para-hydroxylation sites is 1. The molecule has 2 unspecified atom stereocenters. The number of fused-ring (bicyclic) bond motifs is 1. The van der Waals surface area contributed by atoms with Crippen molar-refractivity contribution in [3.8, 4) is 5.75 Å². The molecule has 0 radical (unpaired) electrons. The van der Waals surface area contributed by atoms with Crippen LogP contribution in [0.4, 0.5) is 4.79 Å². The summed E-state index contributed by atoms with van der Waals surface area (Å²) in [4.78, 5) is 12.1. The second-order valence-corrected chi connectivity index (χ2v) is 6.42. The predicted octanol–water partition coefficient (Wildman–Crippen LogP) is 2.61. The maximum atomic E-state index is 12.1. The molecule has 0 spiro atoms. The number of hydrogen-bond acceptors (Lipinski definition) is 3. The van der Waals surface area contributed by atoms with Crippen molar-refractivity contribution in [2.45, 2.75) is 45.3 Å². The lowest BCUT2D eigenvalue weighted by molar-refractivity contribution is 0.0165. The van der Waals surface area contributed by atoms with E-state index in [1.807, 2.05) is 38.1 Å². The van der Waals surface area contributed by atoms with Gasteiger partial charge in [-0.05, 0) is 31.7 Å². The van der Waals surface area contributed by atoms with E-state index >= 15 is 0 Å². The van der Waals surface area contributed by atoms with Gasteiger partial charge in [-0.15, -0.1) is 0 Å². The number of amides is 2. The van der Waals surface area contributed by atoms with Crippen LogP contribution in [0, 0.1) is 5.92 Å². The summed E-state index contributed by atoms with van der Waals surface area (Å²) >= 11 is 0. The van der Waals surface area contributed by atoms with E-state index in [4.69, 9.17) is 4.74 Å². The Morgan fingerprint density at radius 2 is 2.18 bits per heavy atom. The van der Waals surface area contributed by atoms with Gasteiger partial charge in [0.1, 0.15) is 5.75 Å². The summed E-state index contributed by atoms with van der Waals surface area (Å²) in [6.45, 7) is 6.48. The van der Waals surface area contributed by atoms with E-state index in [2.05, 4.69) is 10.6 Å². The summed E-state index contributed by atoms with van der Waals surface area (Å²) in [6, 6.07) is 7.46. The van der Waals surface area contributed by atoms with E-state index in [-0.39, 0.29) is 24.5 Å². The number of carbonyl (C=O) groups excluding carboxylic acids is 1. The molecule has 0 fully saturated rings. The summed E-state index contributed by atoms with van der Waals surface area (Å²) in [5.74, 6) is 0.902. The Morgan fingerprint density at radius 1 is 1.45 bits per heavy atom. The van der Waals surface area contributed by atoms with Crippen LogP contribution in [0.15, 0.2) is 24.3 Å². The van der Waals surface area contributed by atoms with Gasteiger partial charge in [0.25, 0.3) is 0 Å². The van der Waals surface area contributed by atoms with E-state index in [0.29, 0.717) is 6.61 Å². The van der Waals surface area contributed by atoms with E-state index in [1.54, 1.807) is 6.92 Å². The summed E-state index contributed by atoms with van der Waals surface area (Å²) in [5.41, 5.74) is 0.0905. The van der Waals surface area contributed by atoms with E-state index < -0.39 is 5.60 Å². The molecule has 0 saturated carbocycles. The quantitative estimate of drug-likeness (QED) is 0.801. The van der Waals surface area contributed by atoms with Crippen molar-refractivity contribution in [2.75, 3.05) is 13.2 Å². The van der Waals surface area contributed by atoms with Gasteiger partial charge in [-0.1, -0.05) is 32.0 Å². The van der Waals surface area contributed by atoms with Crippen LogP contribution in [0.25, 0.3) is 0 Å². The van der Waals surface area contributed by atoms with Crippen LogP contribution in [0.5, 0.6) is 5.75 Å². The lowest BCUT2D eigenvalue weighted by Gasteiger charge is -2.28. The van der Waals surface area contributed by atoms with Gasteiger partial charge in [-0.3, -0.25) is 0 Å². The Labute approximate surface area is 132 Å². The van der Waals surface area contributed by atoms with E-state index in [0.717, 1.165) is 24.2 Å².